The molecule has 0 spiro atoms. The van der Waals surface area contributed by atoms with E-state index in [2.05, 4.69) is 10.3 Å². The molecule has 20 heavy (non-hydrogen) atoms. The Balaban J connectivity index is 1.80. The number of aromatic nitrogens is 1. The molecule has 2 amide bonds. The van der Waals surface area contributed by atoms with E-state index >= 15 is 0 Å². The first kappa shape index (κ1) is 12.3. The van der Waals surface area contributed by atoms with Crippen molar-refractivity contribution in [3.63, 3.8) is 0 Å². The van der Waals surface area contributed by atoms with E-state index in [0.29, 0.717) is 17.7 Å². The highest BCUT2D eigenvalue weighted by molar-refractivity contribution is 6.21. The van der Waals surface area contributed by atoms with Crippen LogP contribution in [0, 0.1) is 0 Å². The van der Waals surface area contributed by atoms with Gasteiger partial charge in [0.25, 0.3) is 11.8 Å². The van der Waals surface area contributed by atoms with E-state index in [-0.39, 0.29) is 11.8 Å². The fraction of sp³-hybridized carbons (Fsp3) is 0.133. The number of nitrogens with one attached hydrogen (secondary N) is 1. The lowest BCUT2D eigenvalue weighted by atomic mass is 10.1. The highest BCUT2D eigenvalue weighted by atomic mass is 16.2. The molecule has 2 heterocycles. The van der Waals surface area contributed by atoms with Crippen molar-refractivity contribution in [1.29, 1.82) is 0 Å². The van der Waals surface area contributed by atoms with Gasteiger partial charge in [-0.1, -0.05) is 6.07 Å². The minimum Gasteiger partial charge on any atom is -0.381 e. The van der Waals surface area contributed by atoms with Gasteiger partial charge in [0.2, 0.25) is 0 Å². The number of pyridine rings is 1. The molecule has 1 N–H and O–H groups in total. The summed E-state index contributed by atoms with van der Waals surface area (Å²) in [6, 6.07) is 9.05. The lowest BCUT2D eigenvalue weighted by Crippen LogP contribution is -2.24. The number of nitrogens with zero attached hydrogens (tertiary/aromatic N) is 2. The molecule has 2 aromatic rings. The third-order valence-electron chi connectivity index (χ3n) is 3.31. The highest BCUT2D eigenvalue weighted by Gasteiger charge is 2.32. The highest BCUT2D eigenvalue weighted by Crippen LogP contribution is 2.24. The van der Waals surface area contributed by atoms with E-state index < -0.39 is 0 Å². The van der Waals surface area contributed by atoms with Gasteiger partial charge in [-0.3, -0.25) is 19.5 Å². The fourth-order valence-corrected chi connectivity index (χ4v) is 2.18. The predicted octanol–water partition coefficient (Wildman–Crippen LogP) is 1.92. The predicted molar refractivity (Wildman–Crippen MR) is 74.4 cm³/mol. The lowest BCUT2D eigenvalue weighted by molar-refractivity contribution is 0.0693. The van der Waals surface area contributed by atoms with Crippen LogP contribution in [0.15, 0.2) is 42.7 Å². The number of hydrogen-bond acceptors (Lipinski definition) is 4. The second kappa shape index (κ2) is 4.77. The number of rotatable bonds is 3. The topological polar surface area (TPSA) is 62.3 Å². The number of carbonyl (C=O) groups is 2. The molecule has 0 fully saturated rings. The summed E-state index contributed by atoms with van der Waals surface area (Å²) in [5, 5.41) is 3.22. The first-order chi connectivity index (χ1) is 9.66. The minimum atomic E-state index is -0.255. The van der Waals surface area contributed by atoms with Crippen LogP contribution in [0.2, 0.25) is 0 Å². The summed E-state index contributed by atoms with van der Waals surface area (Å²) in [4.78, 5) is 28.9. The van der Waals surface area contributed by atoms with Crippen molar-refractivity contribution in [3.05, 3.63) is 59.4 Å². The summed E-state index contributed by atoms with van der Waals surface area (Å²) in [6.07, 6.45) is 3.50. The average Bonchev–Trinajstić information content (AvgIpc) is 2.71. The minimum absolute atomic E-state index is 0.246. The van der Waals surface area contributed by atoms with Crippen LogP contribution in [0.5, 0.6) is 0 Å². The van der Waals surface area contributed by atoms with Gasteiger partial charge in [-0.25, -0.2) is 0 Å². The van der Waals surface area contributed by atoms with Gasteiger partial charge in [-0.2, -0.15) is 0 Å². The van der Waals surface area contributed by atoms with Crippen molar-refractivity contribution in [1.82, 2.24) is 9.88 Å². The van der Waals surface area contributed by atoms with Gasteiger partial charge >= 0.3 is 0 Å². The van der Waals surface area contributed by atoms with Crippen LogP contribution >= 0.6 is 0 Å². The summed E-state index contributed by atoms with van der Waals surface area (Å²) < 4.78 is 0. The Bertz CT molecular complexity index is 683. The second-order valence-electron chi connectivity index (χ2n) is 4.64. The number of benzene rings is 1. The van der Waals surface area contributed by atoms with Crippen LogP contribution in [0.4, 0.5) is 5.69 Å². The zero-order chi connectivity index (χ0) is 14.1. The Kier molecular flexibility index (Phi) is 2.95. The quantitative estimate of drug-likeness (QED) is 0.863. The van der Waals surface area contributed by atoms with Gasteiger partial charge in [-0.05, 0) is 29.8 Å². The molecule has 3 rings (SSSR count). The third kappa shape index (κ3) is 2.03. The van der Waals surface area contributed by atoms with Crippen LogP contribution < -0.4 is 5.32 Å². The van der Waals surface area contributed by atoms with Crippen LogP contribution in [-0.2, 0) is 6.54 Å². The first-order valence-electron chi connectivity index (χ1n) is 6.26. The Morgan fingerprint density at radius 1 is 1.15 bits per heavy atom. The third-order valence-corrected chi connectivity index (χ3v) is 3.31. The molecule has 0 atom stereocenters. The van der Waals surface area contributed by atoms with Gasteiger partial charge in [-0.15, -0.1) is 0 Å². The van der Waals surface area contributed by atoms with Crippen LogP contribution in [-0.4, -0.2) is 28.7 Å². The molecule has 1 aromatic carbocycles. The number of amides is 2. The molecule has 1 aliphatic rings. The number of fused-ring (bicyclic) bond motifs is 1. The van der Waals surface area contributed by atoms with Crippen molar-refractivity contribution in [2.24, 2.45) is 0 Å². The van der Waals surface area contributed by atoms with Crippen LogP contribution in [0.1, 0.15) is 26.3 Å². The molecule has 5 heteroatoms. The summed E-state index contributed by atoms with van der Waals surface area (Å²) in [5.41, 5.74) is 2.77. The van der Waals surface area contributed by atoms with Crippen molar-refractivity contribution >= 4 is 17.5 Å². The normalized spacial score (nSPS) is 13.6. The van der Waals surface area contributed by atoms with E-state index in [4.69, 9.17) is 0 Å². The molecule has 1 aliphatic heterocycles. The molecule has 0 unspecified atom stereocenters. The van der Waals surface area contributed by atoms with E-state index in [1.165, 1.54) is 7.05 Å². The molecule has 0 bridgehead atoms. The van der Waals surface area contributed by atoms with Crippen molar-refractivity contribution in [3.8, 4) is 0 Å². The number of anilines is 1. The van der Waals surface area contributed by atoms with Crippen molar-refractivity contribution in [2.75, 3.05) is 12.4 Å². The Morgan fingerprint density at radius 3 is 2.70 bits per heavy atom. The molecule has 0 saturated heterocycles. The Morgan fingerprint density at radius 2 is 1.95 bits per heavy atom. The fourth-order valence-electron chi connectivity index (χ4n) is 2.18. The van der Waals surface area contributed by atoms with E-state index in [0.717, 1.165) is 16.2 Å². The van der Waals surface area contributed by atoms with Crippen LogP contribution in [0.3, 0.4) is 0 Å². The monoisotopic (exact) mass is 267 g/mol. The molecular weight excluding hydrogens is 254 g/mol. The van der Waals surface area contributed by atoms with E-state index in [9.17, 15) is 9.59 Å². The molecule has 100 valence electrons. The first-order valence-corrected chi connectivity index (χ1v) is 6.26. The zero-order valence-electron chi connectivity index (χ0n) is 11.0. The number of hydrogen-bond donors (Lipinski definition) is 1. The van der Waals surface area contributed by atoms with Crippen molar-refractivity contribution < 1.29 is 9.59 Å². The lowest BCUT2D eigenvalue weighted by Gasteiger charge is -2.07. The van der Waals surface area contributed by atoms with Crippen molar-refractivity contribution in [2.45, 2.75) is 6.54 Å². The average molecular weight is 267 g/mol. The molecule has 0 aliphatic carbocycles. The summed E-state index contributed by atoms with van der Waals surface area (Å²) in [5.74, 6) is -0.501. The molecule has 0 saturated carbocycles. The Hall–Kier alpha value is -2.69. The SMILES string of the molecule is CN1C(=O)c2ccc(NCc3cccnc3)cc2C1=O. The maximum Gasteiger partial charge on any atom is 0.261 e. The molecule has 1 aromatic heterocycles. The zero-order valence-corrected chi connectivity index (χ0v) is 11.0. The smallest absolute Gasteiger partial charge is 0.261 e. The maximum absolute atomic E-state index is 11.9. The van der Waals surface area contributed by atoms with Gasteiger partial charge in [0, 0.05) is 31.7 Å². The second-order valence-corrected chi connectivity index (χ2v) is 4.64. The molecule has 5 nitrogen and oxygen atoms in total. The summed E-state index contributed by atoms with van der Waals surface area (Å²) in [7, 11) is 1.49. The number of imide groups is 1. The van der Waals surface area contributed by atoms with Gasteiger partial charge in [0.05, 0.1) is 11.1 Å². The van der Waals surface area contributed by atoms with Gasteiger partial charge in [0.15, 0.2) is 0 Å². The van der Waals surface area contributed by atoms with E-state index in [1.807, 2.05) is 12.1 Å². The van der Waals surface area contributed by atoms with Gasteiger partial charge in [0.1, 0.15) is 0 Å². The largest absolute Gasteiger partial charge is 0.381 e. The number of carbonyl (C=O) groups excluding carboxylic acids is 2. The standard InChI is InChI=1S/C15H13N3O2/c1-18-14(19)12-5-4-11(7-13(12)15(18)20)17-9-10-3-2-6-16-8-10/h2-8,17H,9H2,1H3. The molecule has 0 radical (unpaired) electrons. The maximum atomic E-state index is 11.9. The summed E-state index contributed by atoms with van der Waals surface area (Å²) in [6.45, 7) is 0.616. The summed E-state index contributed by atoms with van der Waals surface area (Å²) >= 11 is 0. The van der Waals surface area contributed by atoms with Gasteiger partial charge < -0.3 is 5.32 Å². The molecular formula is C15H13N3O2. The van der Waals surface area contributed by atoms with E-state index in [1.54, 1.807) is 30.6 Å². The Labute approximate surface area is 116 Å². The van der Waals surface area contributed by atoms with Crippen LogP contribution in [0.25, 0.3) is 0 Å².